The summed E-state index contributed by atoms with van der Waals surface area (Å²) in [5.41, 5.74) is 19.9. The molecule has 0 saturated carbocycles. The molecule has 0 aliphatic heterocycles. The van der Waals surface area contributed by atoms with Crippen molar-refractivity contribution in [3.8, 4) is 55.6 Å². The number of aryl methyl sites for hydroxylation is 1. The van der Waals surface area contributed by atoms with Gasteiger partial charge < -0.3 is 0 Å². The van der Waals surface area contributed by atoms with Crippen molar-refractivity contribution in [3.05, 3.63) is 204 Å². The number of fused-ring (bicyclic) bond motifs is 10. The first-order chi connectivity index (χ1) is 28.7. The van der Waals surface area contributed by atoms with Crippen LogP contribution in [0.3, 0.4) is 0 Å². The summed E-state index contributed by atoms with van der Waals surface area (Å²) in [5, 5.41) is 10.2. The van der Waals surface area contributed by atoms with Gasteiger partial charge in [0.2, 0.25) is 0 Å². The lowest BCUT2D eigenvalue weighted by Crippen LogP contribution is -2.15. The summed E-state index contributed by atoms with van der Waals surface area (Å²) in [4.78, 5) is 0. The average molecular weight is 753 g/mol. The van der Waals surface area contributed by atoms with Crippen LogP contribution in [0.5, 0.6) is 0 Å². The maximum Gasteiger partial charge on any atom is 0.0159 e. The molecule has 0 N–H and O–H groups in total. The smallest absolute Gasteiger partial charge is 0.0159 e. The third-order valence-electron chi connectivity index (χ3n) is 14.1. The standard InChI is InChI=1S/C59H44/c1-35-26-29-39-41-31-28-37(34-53(41)59(4,5)51(39)32-35)55-44-19-8-12-23-48(44)57(49-24-13-9-20-45(49)55)56-46-21-10-6-17-42(46)54(43-18-7-11-22-47(43)56)36-27-30-40-38-16-14-15-25-50(38)58(2,3)52(40)33-36/h6-34H,1-5H3. The van der Waals surface area contributed by atoms with Gasteiger partial charge in [-0.2, -0.15) is 0 Å². The second kappa shape index (κ2) is 12.1. The molecule has 0 nitrogen and oxygen atoms in total. The van der Waals surface area contributed by atoms with E-state index in [9.17, 15) is 0 Å². The molecule has 0 unspecified atom stereocenters. The second-order valence-electron chi connectivity index (χ2n) is 18.0. The molecule has 0 heteroatoms. The lowest BCUT2D eigenvalue weighted by atomic mass is 9.78. The van der Waals surface area contributed by atoms with Crippen molar-refractivity contribution in [3.63, 3.8) is 0 Å². The quantitative estimate of drug-likeness (QED) is 0.158. The van der Waals surface area contributed by atoms with Gasteiger partial charge in [0.15, 0.2) is 0 Å². The number of rotatable bonds is 3. The van der Waals surface area contributed by atoms with Crippen molar-refractivity contribution in [1.29, 1.82) is 0 Å². The number of benzene rings is 10. The van der Waals surface area contributed by atoms with E-state index in [0.717, 1.165) is 0 Å². The Hall–Kier alpha value is -6.76. The van der Waals surface area contributed by atoms with E-state index in [1.807, 2.05) is 0 Å². The van der Waals surface area contributed by atoms with Crippen molar-refractivity contribution in [2.24, 2.45) is 0 Å². The molecule has 12 rings (SSSR count). The first kappa shape index (κ1) is 34.3. The summed E-state index contributed by atoms with van der Waals surface area (Å²) >= 11 is 0. The minimum atomic E-state index is -0.0869. The molecule has 0 radical (unpaired) electrons. The van der Waals surface area contributed by atoms with E-state index < -0.39 is 0 Å². The highest BCUT2D eigenvalue weighted by atomic mass is 14.4. The van der Waals surface area contributed by atoms with Crippen molar-refractivity contribution in [2.45, 2.75) is 45.4 Å². The van der Waals surface area contributed by atoms with E-state index in [2.05, 4.69) is 211 Å². The molecule has 10 aromatic carbocycles. The Bertz CT molecular complexity index is 3330. The maximum atomic E-state index is 2.49. The van der Waals surface area contributed by atoms with Gasteiger partial charge in [0.1, 0.15) is 0 Å². The average Bonchev–Trinajstić information content (AvgIpc) is 3.63. The molecule has 2 aliphatic rings. The fraction of sp³-hybridized carbons (Fsp3) is 0.119. The van der Waals surface area contributed by atoms with Gasteiger partial charge in [-0.25, -0.2) is 0 Å². The molecule has 0 atom stereocenters. The van der Waals surface area contributed by atoms with Crippen molar-refractivity contribution in [1.82, 2.24) is 0 Å². The lowest BCUT2D eigenvalue weighted by molar-refractivity contribution is 0.660. The molecule has 2 aliphatic carbocycles. The lowest BCUT2D eigenvalue weighted by Gasteiger charge is -2.24. The molecule has 0 saturated heterocycles. The molecular weight excluding hydrogens is 709 g/mol. The van der Waals surface area contributed by atoms with Gasteiger partial charge in [0.05, 0.1) is 0 Å². The number of hydrogen-bond donors (Lipinski definition) is 0. The zero-order valence-corrected chi connectivity index (χ0v) is 34.2. The van der Waals surface area contributed by atoms with E-state index in [-0.39, 0.29) is 10.8 Å². The molecule has 10 aromatic rings. The SMILES string of the molecule is Cc1ccc2c(c1)C(C)(C)c1cc(-c3c4ccccc4c(-c4c5ccccc5c(-c5ccc6c(c5)C(C)(C)c5ccccc5-6)c5ccccc45)c4ccccc34)ccc1-2. The van der Waals surface area contributed by atoms with E-state index >= 15 is 0 Å². The van der Waals surface area contributed by atoms with E-state index in [1.54, 1.807) is 0 Å². The van der Waals surface area contributed by atoms with Crippen LogP contribution in [0.4, 0.5) is 0 Å². The Morgan fingerprint density at radius 3 is 1.00 bits per heavy atom. The third-order valence-corrected chi connectivity index (χ3v) is 14.1. The van der Waals surface area contributed by atoms with Crippen LogP contribution in [0.25, 0.3) is 98.7 Å². The van der Waals surface area contributed by atoms with E-state index in [1.165, 1.54) is 127 Å². The van der Waals surface area contributed by atoms with Gasteiger partial charge in [-0.15, -0.1) is 0 Å². The van der Waals surface area contributed by atoms with Gasteiger partial charge in [-0.05, 0) is 140 Å². The fourth-order valence-corrected chi connectivity index (χ4v) is 11.3. The summed E-state index contributed by atoms with van der Waals surface area (Å²) in [6.07, 6.45) is 0. The predicted octanol–water partition coefficient (Wildman–Crippen LogP) is 16.2. The van der Waals surface area contributed by atoms with Crippen LogP contribution in [0.1, 0.15) is 55.5 Å². The molecular formula is C59H44. The predicted molar refractivity (Wildman–Crippen MR) is 253 cm³/mol. The number of hydrogen-bond acceptors (Lipinski definition) is 0. The summed E-state index contributed by atoms with van der Waals surface area (Å²) < 4.78 is 0. The van der Waals surface area contributed by atoms with Crippen molar-refractivity contribution >= 4 is 43.1 Å². The van der Waals surface area contributed by atoms with E-state index in [0.29, 0.717) is 0 Å². The third kappa shape index (κ3) is 4.66. The monoisotopic (exact) mass is 752 g/mol. The summed E-state index contributed by atoms with van der Waals surface area (Å²) in [6, 6.07) is 66.9. The highest BCUT2D eigenvalue weighted by molar-refractivity contribution is 6.30. The highest BCUT2D eigenvalue weighted by Gasteiger charge is 2.37. The van der Waals surface area contributed by atoms with Crippen LogP contribution < -0.4 is 0 Å². The summed E-state index contributed by atoms with van der Waals surface area (Å²) in [5.74, 6) is 0. The molecule has 59 heavy (non-hydrogen) atoms. The summed E-state index contributed by atoms with van der Waals surface area (Å²) in [6.45, 7) is 11.7. The molecule has 0 heterocycles. The van der Waals surface area contributed by atoms with Crippen LogP contribution in [0.15, 0.2) is 176 Å². The first-order valence-electron chi connectivity index (χ1n) is 21.1. The van der Waals surface area contributed by atoms with Crippen molar-refractivity contribution in [2.75, 3.05) is 0 Å². The molecule has 0 fully saturated rings. The normalized spacial score (nSPS) is 14.5. The Balaban J connectivity index is 1.14. The zero-order chi connectivity index (χ0) is 39.8. The topological polar surface area (TPSA) is 0 Å². The molecule has 0 bridgehead atoms. The Morgan fingerprint density at radius 2 is 0.576 bits per heavy atom. The molecule has 0 amide bonds. The maximum absolute atomic E-state index is 2.49. The Morgan fingerprint density at radius 1 is 0.271 bits per heavy atom. The van der Waals surface area contributed by atoms with Crippen molar-refractivity contribution < 1.29 is 0 Å². The molecule has 280 valence electrons. The molecule has 0 spiro atoms. The summed E-state index contributed by atoms with van der Waals surface area (Å²) in [7, 11) is 0. The minimum Gasteiger partial charge on any atom is -0.0619 e. The van der Waals surface area contributed by atoms with Gasteiger partial charge >= 0.3 is 0 Å². The zero-order valence-electron chi connectivity index (χ0n) is 34.2. The Labute approximate surface area is 346 Å². The van der Waals surface area contributed by atoms with Crippen LogP contribution in [-0.2, 0) is 10.8 Å². The molecule has 0 aromatic heterocycles. The van der Waals surface area contributed by atoms with Gasteiger partial charge in [-0.1, -0.05) is 197 Å². The Kier molecular flexibility index (Phi) is 7.05. The minimum absolute atomic E-state index is 0.0787. The van der Waals surface area contributed by atoms with Gasteiger partial charge in [0.25, 0.3) is 0 Å². The van der Waals surface area contributed by atoms with E-state index in [4.69, 9.17) is 0 Å². The second-order valence-corrected chi connectivity index (χ2v) is 18.0. The van der Waals surface area contributed by atoms with Crippen LogP contribution in [0, 0.1) is 6.92 Å². The first-order valence-corrected chi connectivity index (χ1v) is 21.1. The van der Waals surface area contributed by atoms with Crippen LogP contribution in [-0.4, -0.2) is 0 Å². The van der Waals surface area contributed by atoms with Gasteiger partial charge in [-0.3, -0.25) is 0 Å². The van der Waals surface area contributed by atoms with Gasteiger partial charge in [0, 0.05) is 10.8 Å². The fourth-order valence-electron chi connectivity index (χ4n) is 11.3. The van der Waals surface area contributed by atoms with Crippen LogP contribution in [0.2, 0.25) is 0 Å². The van der Waals surface area contributed by atoms with Crippen LogP contribution >= 0.6 is 0 Å². The largest absolute Gasteiger partial charge is 0.0619 e. The highest BCUT2D eigenvalue weighted by Crippen LogP contribution is 2.54.